The van der Waals surface area contributed by atoms with Crippen molar-refractivity contribution < 1.29 is 9.59 Å². The van der Waals surface area contributed by atoms with Gasteiger partial charge in [0, 0.05) is 11.3 Å². The van der Waals surface area contributed by atoms with Crippen LogP contribution in [-0.2, 0) is 0 Å². The predicted molar refractivity (Wildman–Crippen MR) is 117 cm³/mol. The average Bonchev–Trinajstić information content (AvgIpc) is 3.01. The quantitative estimate of drug-likeness (QED) is 0.554. The molecule has 2 atom stereocenters. The van der Waals surface area contributed by atoms with Crippen molar-refractivity contribution in [3.05, 3.63) is 93.8 Å². The first kappa shape index (κ1) is 20.7. The van der Waals surface area contributed by atoms with Crippen LogP contribution in [0.25, 0.3) is 0 Å². The van der Waals surface area contributed by atoms with Crippen molar-refractivity contribution >= 4 is 11.6 Å². The van der Waals surface area contributed by atoms with Gasteiger partial charge in [0.05, 0.1) is 17.8 Å². The summed E-state index contributed by atoms with van der Waals surface area (Å²) in [6.45, 7) is 9.12. The first-order valence-electron chi connectivity index (χ1n) is 9.91. The van der Waals surface area contributed by atoms with Gasteiger partial charge in [-0.05, 0) is 51.3 Å². The van der Waals surface area contributed by atoms with Gasteiger partial charge < -0.3 is 4.98 Å². The summed E-state index contributed by atoms with van der Waals surface area (Å²) in [5.41, 5.74) is 5.97. The minimum absolute atomic E-state index is 0.0299. The molecule has 0 aliphatic heterocycles. The summed E-state index contributed by atoms with van der Waals surface area (Å²) in [6.07, 6.45) is 0. The van der Waals surface area contributed by atoms with E-state index in [1.165, 1.54) is 12.5 Å². The van der Waals surface area contributed by atoms with Crippen LogP contribution in [0.1, 0.15) is 68.7 Å². The molecule has 3 aromatic rings. The molecule has 2 aromatic carbocycles. The molecule has 150 valence electrons. The Bertz CT molecular complexity index is 1020. The van der Waals surface area contributed by atoms with Crippen molar-refractivity contribution in [3.63, 3.8) is 0 Å². The molecule has 0 bridgehead atoms. The molecule has 4 heteroatoms. The lowest BCUT2D eigenvalue weighted by Crippen LogP contribution is -2.37. The average molecular weight is 389 g/mol. The van der Waals surface area contributed by atoms with E-state index in [1.807, 2.05) is 39.0 Å². The molecule has 1 aromatic heterocycles. The van der Waals surface area contributed by atoms with E-state index in [4.69, 9.17) is 0 Å². The summed E-state index contributed by atoms with van der Waals surface area (Å²) < 4.78 is 0. The molecule has 0 radical (unpaired) electrons. The Labute approximate surface area is 172 Å². The monoisotopic (exact) mass is 388 g/mol. The van der Waals surface area contributed by atoms with Gasteiger partial charge >= 0.3 is 0 Å². The molecule has 0 aliphatic carbocycles. The number of aromatic nitrogens is 1. The van der Waals surface area contributed by atoms with Crippen LogP contribution >= 0.6 is 0 Å². The molecule has 1 heterocycles. The zero-order valence-electron chi connectivity index (χ0n) is 17.7. The van der Waals surface area contributed by atoms with Gasteiger partial charge in [0.25, 0.3) is 0 Å². The van der Waals surface area contributed by atoms with Gasteiger partial charge in [-0.2, -0.15) is 0 Å². The normalized spacial score (nSPS) is 13.1. The van der Waals surface area contributed by atoms with E-state index in [-0.39, 0.29) is 17.6 Å². The Balaban J connectivity index is 1.92. The Morgan fingerprint density at radius 3 is 2.03 bits per heavy atom. The highest BCUT2D eigenvalue weighted by Crippen LogP contribution is 2.25. The standard InChI is InChI=1S/C25H28N2O2/c1-15-11-13-21(14-12-15)24(20-9-7-6-8-10-20)27-18(4)25(29)23-16(2)22(19(5)28)17(3)26-23/h6-14,18,24,26-27H,1-5H3/t18-,24+/m1/s1. The van der Waals surface area contributed by atoms with E-state index in [0.29, 0.717) is 11.3 Å². The minimum Gasteiger partial charge on any atom is -0.355 e. The lowest BCUT2D eigenvalue weighted by Gasteiger charge is -2.24. The fourth-order valence-electron chi connectivity index (χ4n) is 3.86. The predicted octanol–water partition coefficient (Wildman–Crippen LogP) is 5.09. The number of benzene rings is 2. The maximum absolute atomic E-state index is 13.2. The third kappa shape index (κ3) is 4.38. The molecule has 0 saturated carbocycles. The summed E-state index contributed by atoms with van der Waals surface area (Å²) in [6, 6.07) is 17.9. The fraction of sp³-hybridized carbons (Fsp3) is 0.280. The molecular weight excluding hydrogens is 360 g/mol. The lowest BCUT2D eigenvalue weighted by molar-refractivity contribution is 0.0941. The highest BCUT2D eigenvalue weighted by molar-refractivity contribution is 6.05. The Morgan fingerprint density at radius 2 is 1.48 bits per heavy atom. The highest BCUT2D eigenvalue weighted by atomic mass is 16.1. The summed E-state index contributed by atoms with van der Waals surface area (Å²) in [5.74, 6) is -0.0797. The van der Waals surface area contributed by atoms with Crippen molar-refractivity contribution in [2.75, 3.05) is 0 Å². The second-order valence-electron chi connectivity index (χ2n) is 7.69. The van der Waals surface area contributed by atoms with Crippen molar-refractivity contribution in [2.45, 2.75) is 46.7 Å². The first-order chi connectivity index (χ1) is 13.8. The van der Waals surface area contributed by atoms with E-state index in [9.17, 15) is 9.59 Å². The van der Waals surface area contributed by atoms with E-state index in [1.54, 1.807) is 0 Å². The maximum Gasteiger partial charge on any atom is 0.195 e. The van der Waals surface area contributed by atoms with Gasteiger partial charge in [-0.3, -0.25) is 14.9 Å². The molecule has 0 fully saturated rings. The zero-order chi connectivity index (χ0) is 21.1. The van der Waals surface area contributed by atoms with Gasteiger partial charge in [0.2, 0.25) is 0 Å². The first-order valence-corrected chi connectivity index (χ1v) is 9.91. The summed E-state index contributed by atoms with van der Waals surface area (Å²) in [7, 11) is 0. The number of aromatic amines is 1. The van der Waals surface area contributed by atoms with Gasteiger partial charge in [0.15, 0.2) is 11.6 Å². The molecule has 4 nitrogen and oxygen atoms in total. The third-order valence-electron chi connectivity index (χ3n) is 5.39. The van der Waals surface area contributed by atoms with E-state index < -0.39 is 6.04 Å². The largest absolute Gasteiger partial charge is 0.355 e. The van der Waals surface area contributed by atoms with Crippen LogP contribution < -0.4 is 5.32 Å². The van der Waals surface area contributed by atoms with Crippen LogP contribution in [-0.4, -0.2) is 22.6 Å². The fourth-order valence-corrected chi connectivity index (χ4v) is 3.86. The SMILES string of the molecule is CC(=O)c1c(C)[nH]c(C(=O)[C@@H](C)N[C@@H](c2ccccc2)c2ccc(C)cc2)c1C. The molecule has 0 spiro atoms. The Hall–Kier alpha value is -2.98. The van der Waals surface area contributed by atoms with Crippen molar-refractivity contribution in [2.24, 2.45) is 0 Å². The van der Waals surface area contributed by atoms with Crippen LogP contribution in [0.4, 0.5) is 0 Å². The number of rotatable bonds is 7. The van der Waals surface area contributed by atoms with Gasteiger partial charge in [-0.1, -0.05) is 60.2 Å². The van der Waals surface area contributed by atoms with Crippen LogP contribution in [0.15, 0.2) is 54.6 Å². The molecule has 0 unspecified atom stereocenters. The second kappa shape index (κ2) is 8.58. The number of hydrogen-bond donors (Lipinski definition) is 2. The zero-order valence-corrected chi connectivity index (χ0v) is 17.7. The van der Waals surface area contributed by atoms with Crippen LogP contribution in [0.3, 0.4) is 0 Å². The summed E-state index contributed by atoms with van der Waals surface area (Å²) in [4.78, 5) is 28.2. The number of Topliss-reactive ketones (excluding diaryl/α,β-unsaturated/α-hetero) is 2. The van der Waals surface area contributed by atoms with Crippen molar-refractivity contribution in [1.29, 1.82) is 0 Å². The molecule has 29 heavy (non-hydrogen) atoms. The number of carbonyl (C=O) groups is 2. The maximum atomic E-state index is 13.2. The number of hydrogen-bond acceptors (Lipinski definition) is 3. The molecule has 2 N–H and O–H groups in total. The molecule has 3 rings (SSSR count). The Kier molecular flexibility index (Phi) is 6.14. The topological polar surface area (TPSA) is 62.0 Å². The minimum atomic E-state index is -0.432. The van der Waals surface area contributed by atoms with Crippen LogP contribution in [0, 0.1) is 20.8 Å². The van der Waals surface area contributed by atoms with E-state index in [2.05, 4.69) is 53.6 Å². The number of ketones is 2. The highest BCUT2D eigenvalue weighted by Gasteiger charge is 2.26. The summed E-state index contributed by atoms with van der Waals surface area (Å²) in [5, 5.41) is 3.50. The van der Waals surface area contributed by atoms with E-state index in [0.717, 1.165) is 22.4 Å². The molecule has 0 saturated heterocycles. The molecule has 0 aliphatic rings. The lowest BCUT2D eigenvalue weighted by atomic mass is 9.96. The van der Waals surface area contributed by atoms with Crippen molar-refractivity contribution in [3.8, 4) is 0 Å². The number of H-pyrrole nitrogens is 1. The number of carbonyl (C=O) groups excluding carboxylic acids is 2. The smallest absolute Gasteiger partial charge is 0.195 e. The molecular formula is C25H28N2O2. The van der Waals surface area contributed by atoms with Gasteiger partial charge in [-0.25, -0.2) is 0 Å². The van der Waals surface area contributed by atoms with Crippen LogP contribution in [0.5, 0.6) is 0 Å². The van der Waals surface area contributed by atoms with Gasteiger partial charge in [0.1, 0.15) is 0 Å². The van der Waals surface area contributed by atoms with Crippen LogP contribution in [0.2, 0.25) is 0 Å². The molecule has 0 amide bonds. The second-order valence-corrected chi connectivity index (χ2v) is 7.69. The van der Waals surface area contributed by atoms with Crippen molar-refractivity contribution in [1.82, 2.24) is 10.3 Å². The van der Waals surface area contributed by atoms with E-state index >= 15 is 0 Å². The third-order valence-corrected chi connectivity index (χ3v) is 5.39. The Morgan fingerprint density at radius 1 is 0.897 bits per heavy atom. The summed E-state index contributed by atoms with van der Waals surface area (Å²) >= 11 is 0. The number of nitrogens with one attached hydrogen (secondary N) is 2. The number of aryl methyl sites for hydroxylation is 2. The van der Waals surface area contributed by atoms with Gasteiger partial charge in [-0.15, -0.1) is 0 Å².